The van der Waals surface area contributed by atoms with Gasteiger partial charge < -0.3 is 4.42 Å². The molecule has 8 aromatic rings. The fourth-order valence-electron chi connectivity index (χ4n) is 5.22. The third-order valence-electron chi connectivity index (χ3n) is 7.15. The van der Waals surface area contributed by atoms with Gasteiger partial charge in [0, 0.05) is 21.0 Å². The number of furan rings is 1. The van der Waals surface area contributed by atoms with Crippen LogP contribution < -0.4 is 0 Å². The van der Waals surface area contributed by atoms with Gasteiger partial charge in [-0.2, -0.15) is 0 Å². The first kappa shape index (κ1) is 22.8. The van der Waals surface area contributed by atoms with E-state index in [2.05, 4.69) is 91.0 Å². The lowest BCUT2D eigenvalue weighted by Gasteiger charge is -2.09. The lowest BCUT2D eigenvalue weighted by atomic mass is 10.0. The molecule has 3 heterocycles. The zero-order chi connectivity index (χ0) is 26.5. The number of thiophene rings is 1. The molecule has 0 radical (unpaired) electrons. The Kier molecular flexibility index (Phi) is 5.28. The highest BCUT2D eigenvalue weighted by atomic mass is 32.1. The topological polar surface area (TPSA) is 51.8 Å². The van der Waals surface area contributed by atoms with Gasteiger partial charge in [0.2, 0.25) is 0 Å². The fourth-order valence-corrected chi connectivity index (χ4v) is 6.22. The number of fused-ring (bicyclic) bond motifs is 4. The van der Waals surface area contributed by atoms with E-state index in [1.807, 2.05) is 36.4 Å². The molecule has 0 fully saturated rings. The number of para-hydroxylation sites is 2. The first-order valence-corrected chi connectivity index (χ1v) is 13.9. The van der Waals surface area contributed by atoms with Crippen LogP contribution in [0.4, 0.5) is 0 Å². The molecule has 188 valence electrons. The van der Waals surface area contributed by atoms with Gasteiger partial charge in [0.15, 0.2) is 17.5 Å². The number of hydrogen-bond donors (Lipinski definition) is 0. The summed E-state index contributed by atoms with van der Waals surface area (Å²) >= 11 is 1.69. The molecular weight excluding hydrogens is 510 g/mol. The van der Waals surface area contributed by atoms with E-state index in [1.54, 1.807) is 11.3 Å². The van der Waals surface area contributed by atoms with E-state index >= 15 is 0 Å². The van der Waals surface area contributed by atoms with Crippen molar-refractivity contribution in [3.8, 4) is 44.6 Å². The first-order chi connectivity index (χ1) is 19.8. The third kappa shape index (κ3) is 3.87. The second-order valence-electron chi connectivity index (χ2n) is 9.68. The van der Waals surface area contributed by atoms with Gasteiger partial charge >= 0.3 is 0 Å². The minimum Gasteiger partial charge on any atom is -0.455 e. The lowest BCUT2D eigenvalue weighted by Crippen LogP contribution is -1.99. The Labute approximate surface area is 234 Å². The maximum Gasteiger partial charge on any atom is 0.174 e. The average Bonchev–Trinajstić information content (AvgIpc) is 3.63. The molecule has 0 saturated heterocycles. The van der Waals surface area contributed by atoms with Crippen LogP contribution in [0, 0.1) is 0 Å². The monoisotopic (exact) mass is 531 g/mol. The van der Waals surface area contributed by atoms with Crippen molar-refractivity contribution in [2.24, 2.45) is 0 Å². The van der Waals surface area contributed by atoms with E-state index < -0.39 is 0 Å². The molecule has 0 aliphatic carbocycles. The van der Waals surface area contributed by atoms with Crippen LogP contribution in [0.15, 0.2) is 132 Å². The van der Waals surface area contributed by atoms with Gasteiger partial charge in [-0.25, -0.2) is 15.0 Å². The van der Waals surface area contributed by atoms with E-state index in [-0.39, 0.29) is 0 Å². The van der Waals surface area contributed by atoms with Crippen LogP contribution in [-0.4, -0.2) is 15.0 Å². The summed E-state index contributed by atoms with van der Waals surface area (Å²) in [7, 11) is 0. The molecule has 5 aromatic carbocycles. The highest BCUT2D eigenvalue weighted by Crippen LogP contribution is 2.37. The Morgan fingerprint density at radius 2 is 1.20 bits per heavy atom. The minimum absolute atomic E-state index is 0.590. The van der Waals surface area contributed by atoms with Gasteiger partial charge in [0.1, 0.15) is 11.2 Å². The maximum absolute atomic E-state index is 6.36. The van der Waals surface area contributed by atoms with Gasteiger partial charge in [-0.15, -0.1) is 11.3 Å². The molecule has 0 saturated carbocycles. The van der Waals surface area contributed by atoms with Crippen molar-refractivity contribution in [3.05, 3.63) is 127 Å². The van der Waals surface area contributed by atoms with Crippen molar-refractivity contribution in [2.45, 2.75) is 0 Å². The summed E-state index contributed by atoms with van der Waals surface area (Å²) in [4.78, 5) is 16.1. The predicted octanol–water partition coefficient (Wildman–Crippen LogP) is 9.65. The summed E-state index contributed by atoms with van der Waals surface area (Å²) in [5.74, 6) is 1.87. The molecule has 0 spiro atoms. The summed E-state index contributed by atoms with van der Waals surface area (Å²) in [6, 6.07) is 43.5. The van der Waals surface area contributed by atoms with Gasteiger partial charge in [-0.05, 0) is 46.8 Å². The predicted molar refractivity (Wildman–Crippen MR) is 164 cm³/mol. The second-order valence-corrected chi connectivity index (χ2v) is 10.8. The van der Waals surface area contributed by atoms with Crippen molar-refractivity contribution in [2.75, 3.05) is 0 Å². The average molecular weight is 532 g/mol. The van der Waals surface area contributed by atoms with E-state index in [9.17, 15) is 0 Å². The highest BCUT2D eigenvalue weighted by molar-refractivity contribution is 7.22. The summed E-state index contributed by atoms with van der Waals surface area (Å²) in [6.07, 6.45) is 0. The summed E-state index contributed by atoms with van der Waals surface area (Å²) in [6.45, 7) is 0. The summed E-state index contributed by atoms with van der Waals surface area (Å²) in [5.41, 5.74) is 5.67. The largest absolute Gasteiger partial charge is 0.455 e. The molecule has 40 heavy (non-hydrogen) atoms. The van der Waals surface area contributed by atoms with Crippen molar-refractivity contribution >= 4 is 43.4 Å². The number of nitrogens with zero attached hydrogens (tertiary/aromatic N) is 3. The van der Waals surface area contributed by atoms with E-state index in [4.69, 9.17) is 19.4 Å². The van der Waals surface area contributed by atoms with Gasteiger partial charge in [0.05, 0.1) is 10.4 Å². The Morgan fingerprint density at radius 1 is 0.500 bits per heavy atom. The van der Waals surface area contributed by atoms with Crippen molar-refractivity contribution in [1.82, 2.24) is 15.0 Å². The number of rotatable bonds is 4. The quantitative estimate of drug-likeness (QED) is 0.227. The standard InChI is InChI=1S/C35H21N3OS/c1-2-10-22(11-3-1)23-13-8-14-25(20-23)33-36-34(38-35(37-33)31-21-24-12-4-7-19-30(24)40-31)28-17-9-16-27-26-15-5-6-18-29(26)39-32(27)28/h1-21H. The number of benzene rings is 5. The van der Waals surface area contributed by atoms with Gasteiger partial charge in [-0.3, -0.25) is 0 Å². The molecule has 8 rings (SSSR count). The van der Waals surface area contributed by atoms with Crippen molar-refractivity contribution < 1.29 is 4.42 Å². The summed E-state index contributed by atoms with van der Waals surface area (Å²) in [5, 5.41) is 3.30. The molecule has 0 aliphatic rings. The minimum atomic E-state index is 0.590. The zero-order valence-electron chi connectivity index (χ0n) is 21.3. The van der Waals surface area contributed by atoms with Crippen molar-refractivity contribution in [3.63, 3.8) is 0 Å². The van der Waals surface area contributed by atoms with Crippen LogP contribution in [0.5, 0.6) is 0 Å². The van der Waals surface area contributed by atoms with Crippen LogP contribution in [-0.2, 0) is 0 Å². The van der Waals surface area contributed by atoms with Crippen molar-refractivity contribution in [1.29, 1.82) is 0 Å². The zero-order valence-corrected chi connectivity index (χ0v) is 22.1. The van der Waals surface area contributed by atoms with Crippen LogP contribution in [0.1, 0.15) is 0 Å². The summed E-state index contributed by atoms with van der Waals surface area (Å²) < 4.78 is 7.56. The van der Waals surface area contributed by atoms with Gasteiger partial charge in [-0.1, -0.05) is 97.1 Å². The molecule has 3 aromatic heterocycles. The molecule has 4 nitrogen and oxygen atoms in total. The molecule has 5 heteroatoms. The lowest BCUT2D eigenvalue weighted by molar-refractivity contribution is 0.669. The smallest absolute Gasteiger partial charge is 0.174 e. The Hall–Kier alpha value is -5.13. The number of hydrogen-bond acceptors (Lipinski definition) is 5. The van der Waals surface area contributed by atoms with E-state index in [0.29, 0.717) is 17.5 Å². The highest BCUT2D eigenvalue weighted by Gasteiger charge is 2.18. The first-order valence-electron chi connectivity index (χ1n) is 13.1. The number of aromatic nitrogens is 3. The molecule has 0 unspecified atom stereocenters. The molecule has 0 bridgehead atoms. The molecule has 0 aliphatic heterocycles. The Bertz CT molecular complexity index is 2150. The Morgan fingerprint density at radius 3 is 2.12 bits per heavy atom. The maximum atomic E-state index is 6.36. The van der Waals surface area contributed by atoms with Crippen LogP contribution in [0.25, 0.3) is 76.6 Å². The van der Waals surface area contributed by atoms with Crippen LogP contribution in [0.2, 0.25) is 0 Å². The molecular formula is C35H21N3OS. The van der Waals surface area contributed by atoms with Gasteiger partial charge in [0.25, 0.3) is 0 Å². The third-order valence-corrected chi connectivity index (χ3v) is 8.27. The van der Waals surface area contributed by atoms with Crippen LogP contribution in [0.3, 0.4) is 0 Å². The Balaban J connectivity index is 1.36. The normalized spacial score (nSPS) is 11.5. The SMILES string of the molecule is c1ccc(-c2cccc(-c3nc(-c4cc5ccccc5s4)nc(-c4cccc5c4oc4ccccc45)n3)c2)cc1. The second kappa shape index (κ2) is 9.26. The van der Waals surface area contributed by atoms with E-state index in [0.717, 1.165) is 49.1 Å². The molecule has 0 N–H and O–H groups in total. The fraction of sp³-hybridized carbons (Fsp3) is 0. The molecule has 0 amide bonds. The molecule has 0 atom stereocenters. The van der Waals surface area contributed by atoms with Crippen LogP contribution >= 0.6 is 11.3 Å². The van der Waals surface area contributed by atoms with E-state index in [1.165, 1.54) is 10.1 Å².